The first-order valence-electron chi connectivity index (χ1n) is 9.86. The molecule has 0 aliphatic heterocycles. The molecule has 0 aromatic heterocycles. The molecule has 0 saturated carbocycles. The van der Waals surface area contributed by atoms with Crippen LogP contribution in [0.2, 0.25) is 0 Å². The Morgan fingerprint density at radius 2 is 1.50 bits per heavy atom. The molecule has 0 radical (unpaired) electrons. The maximum atomic E-state index is 13.4. The van der Waals surface area contributed by atoms with Crippen LogP contribution >= 0.6 is 0 Å². The molecule has 1 amide bonds. The standard InChI is InChI=1S/C25H27NO4/c1-29-23-14-13-20(15-24(23)30-2)16-25(28)26(17-19-9-5-3-6-10-19)22(18-27)21-11-7-4-8-12-21/h3-15,22,27H,16-18H2,1-2H3/t22-/m0/s1. The van der Waals surface area contributed by atoms with Gasteiger partial charge in [0.2, 0.25) is 5.91 Å². The zero-order valence-corrected chi connectivity index (χ0v) is 17.3. The second-order valence-electron chi connectivity index (χ2n) is 6.98. The van der Waals surface area contributed by atoms with Gasteiger partial charge in [0, 0.05) is 6.54 Å². The maximum absolute atomic E-state index is 13.4. The number of rotatable bonds is 9. The van der Waals surface area contributed by atoms with Gasteiger partial charge in [-0.2, -0.15) is 0 Å². The van der Waals surface area contributed by atoms with Crippen molar-refractivity contribution in [3.8, 4) is 11.5 Å². The number of carbonyl (C=O) groups excluding carboxylic acids is 1. The van der Waals surface area contributed by atoms with E-state index < -0.39 is 6.04 Å². The van der Waals surface area contributed by atoms with Crippen molar-refractivity contribution in [1.29, 1.82) is 0 Å². The largest absolute Gasteiger partial charge is 0.493 e. The summed E-state index contributed by atoms with van der Waals surface area (Å²) in [6.45, 7) is 0.252. The van der Waals surface area contributed by atoms with Crippen molar-refractivity contribution in [1.82, 2.24) is 4.90 Å². The van der Waals surface area contributed by atoms with Gasteiger partial charge in [0.1, 0.15) is 0 Å². The molecule has 1 atom stereocenters. The highest BCUT2D eigenvalue weighted by Crippen LogP contribution is 2.29. The Labute approximate surface area is 177 Å². The second-order valence-corrected chi connectivity index (χ2v) is 6.98. The lowest BCUT2D eigenvalue weighted by atomic mass is 10.0. The molecule has 0 saturated heterocycles. The molecule has 0 unspecified atom stereocenters. The van der Waals surface area contributed by atoms with Crippen molar-refractivity contribution in [2.24, 2.45) is 0 Å². The molecule has 5 heteroatoms. The predicted molar refractivity (Wildman–Crippen MR) is 117 cm³/mol. The van der Waals surface area contributed by atoms with Gasteiger partial charge in [-0.1, -0.05) is 66.7 Å². The van der Waals surface area contributed by atoms with Crippen LogP contribution in [-0.2, 0) is 17.8 Å². The minimum atomic E-state index is -0.431. The summed E-state index contributed by atoms with van der Waals surface area (Å²) in [4.78, 5) is 15.1. The number of benzene rings is 3. The summed E-state index contributed by atoms with van der Waals surface area (Å²) < 4.78 is 10.6. The molecule has 3 rings (SSSR count). The van der Waals surface area contributed by atoms with Crippen molar-refractivity contribution < 1.29 is 19.4 Å². The summed E-state index contributed by atoms with van der Waals surface area (Å²) >= 11 is 0. The van der Waals surface area contributed by atoms with E-state index >= 15 is 0 Å². The zero-order valence-electron chi connectivity index (χ0n) is 17.3. The van der Waals surface area contributed by atoms with E-state index in [-0.39, 0.29) is 18.9 Å². The lowest BCUT2D eigenvalue weighted by Crippen LogP contribution is -2.37. The predicted octanol–water partition coefficient (Wildman–Crippen LogP) is 4.01. The van der Waals surface area contributed by atoms with Crippen LogP contribution in [-0.4, -0.2) is 36.7 Å². The highest BCUT2D eigenvalue weighted by molar-refractivity contribution is 5.79. The van der Waals surface area contributed by atoms with Gasteiger partial charge in [-0.15, -0.1) is 0 Å². The van der Waals surface area contributed by atoms with E-state index in [0.717, 1.165) is 16.7 Å². The lowest BCUT2D eigenvalue weighted by Gasteiger charge is -2.31. The number of ether oxygens (including phenoxy) is 2. The van der Waals surface area contributed by atoms with Crippen molar-refractivity contribution in [2.75, 3.05) is 20.8 Å². The van der Waals surface area contributed by atoms with Gasteiger partial charge in [0.25, 0.3) is 0 Å². The Bertz CT molecular complexity index is 944. The van der Waals surface area contributed by atoms with E-state index in [1.807, 2.05) is 72.8 Å². The molecule has 5 nitrogen and oxygen atoms in total. The minimum Gasteiger partial charge on any atom is -0.493 e. The van der Waals surface area contributed by atoms with E-state index in [2.05, 4.69) is 0 Å². The van der Waals surface area contributed by atoms with Crippen LogP contribution in [0.4, 0.5) is 0 Å². The van der Waals surface area contributed by atoms with Crippen molar-refractivity contribution >= 4 is 5.91 Å². The van der Waals surface area contributed by atoms with E-state index in [4.69, 9.17) is 9.47 Å². The molecular weight excluding hydrogens is 378 g/mol. The van der Waals surface area contributed by atoms with Crippen molar-refractivity contribution in [3.63, 3.8) is 0 Å². The molecule has 1 N–H and O–H groups in total. The fraction of sp³-hybridized carbons (Fsp3) is 0.240. The van der Waals surface area contributed by atoms with E-state index in [1.165, 1.54) is 0 Å². The summed E-state index contributed by atoms with van der Waals surface area (Å²) in [6.07, 6.45) is 0.191. The maximum Gasteiger partial charge on any atom is 0.227 e. The number of hydrogen-bond donors (Lipinski definition) is 1. The number of methoxy groups -OCH3 is 2. The summed E-state index contributed by atoms with van der Waals surface area (Å²) in [5, 5.41) is 10.2. The van der Waals surface area contributed by atoms with Gasteiger partial charge in [0.15, 0.2) is 11.5 Å². The fourth-order valence-electron chi connectivity index (χ4n) is 3.48. The highest BCUT2D eigenvalue weighted by atomic mass is 16.5. The first kappa shape index (κ1) is 21.4. The average molecular weight is 405 g/mol. The van der Waals surface area contributed by atoms with E-state index in [1.54, 1.807) is 25.2 Å². The summed E-state index contributed by atoms with van der Waals surface area (Å²) in [6, 6.07) is 24.5. The van der Waals surface area contributed by atoms with E-state index in [9.17, 15) is 9.90 Å². The smallest absolute Gasteiger partial charge is 0.227 e. The van der Waals surface area contributed by atoms with Crippen LogP contribution < -0.4 is 9.47 Å². The first-order chi connectivity index (χ1) is 14.7. The first-order valence-corrected chi connectivity index (χ1v) is 9.86. The summed E-state index contributed by atoms with van der Waals surface area (Å²) in [5.41, 5.74) is 2.73. The zero-order chi connectivity index (χ0) is 21.3. The molecule has 0 heterocycles. The van der Waals surface area contributed by atoms with E-state index in [0.29, 0.717) is 18.0 Å². The molecule has 0 bridgehead atoms. The van der Waals surface area contributed by atoms with Gasteiger partial charge >= 0.3 is 0 Å². The Balaban J connectivity index is 1.89. The van der Waals surface area contributed by atoms with Gasteiger partial charge in [-0.05, 0) is 28.8 Å². The third kappa shape index (κ3) is 5.19. The molecule has 0 spiro atoms. The van der Waals surface area contributed by atoms with Crippen molar-refractivity contribution in [3.05, 3.63) is 95.6 Å². The molecule has 156 valence electrons. The van der Waals surface area contributed by atoms with Gasteiger partial charge < -0.3 is 19.5 Å². The Kier molecular flexibility index (Phi) is 7.46. The quantitative estimate of drug-likeness (QED) is 0.584. The number of amides is 1. The second kappa shape index (κ2) is 10.5. The molecule has 3 aromatic carbocycles. The van der Waals surface area contributed by atoms with Crippen LogP contribution in [0.1, 0.15) is 22.7 Å². The Hall–Kier alpha value is -3.31. The Morgan fingerprint density at radius 3 is 2.10 bits per heavy atom. The fourth-order valence-corrected chi connectivity index (χ4v) is 3.48. The topological polar surface area (TPSA) is 59.0 Å². The monoisotopic (exact) mass is 405 g/mol. The molecule has 0 aliphatic carbocycles. The van der Waals surface area contributed by atoms with Crippen LogP contribution in [0.5, 0.6) is 11.5 Å². The van der Waals surface area contributed by atoms with Crippen molar-refractivity contribution in [2.45, 2.75) is 19.0 Å². The lowest BCUT2D eigenvalue weighted by molar-refractivity contribution is -0.134. The van der Waals surface area contributed by atoms with Gasteiger partial charge in [-0.3, -0.25) is 4.79 Å². The molecule has 30 heavy (non-hydrogen) atoms. The molecular formula is C25H27NO4. The average Bonchev–Trinajstić information content (AvgIpc) is 2.80. The van der Waals surface area contributed by atoms with Crippen LogP contribution in [0.25, 0.3) is 0 Å². The number of hydrogen-bond acceptors (Lipinski definition) is 4. The summed E-state index contributed by atoms with van der Waals surface area (Å²) in [7, 11) is 3.15. The minimum absolute atomic E-state index is 0.0750. The molecule has 0 aliphatic rings. The summed E-state index contributed by atoms with van der Waals surface area (Å²) in [5.74, 6) is 1.13. The van der Waals surface area contributed by atoms with Gasteiger partial charge in [0.05, 0.1) is 33.3 Å². The SMILES string of the molecule is COc1ccc(CC(=O)N(Cc2ccccc2)[C@@H](CO)c2ccccc2)cc1OC. The number of aliphatic hydroxyl groups is 1. The number of aliphatic hydroxyl groups excluding tert-OH is 1. The number of carbonyl (C=O) groups is 1. The van der Waals surface area contributed by atoms with Crippen LogP contribution in [0.15, 0.2) is 78.9 Å². The van der Waals surface area contributed by atoms with Gasteiger partial charge in [-0.25, -0.2) is 0 Å². The highest BCUT2D eigenvalue weighted by Gasteiger charge is 2.25. The third-order valence-electron chi connectivity index (χ3n) is 5.05. The number of nitrogens with zero attached hydrogens (tertiary/aromatic N) is 1. The molecule has 0 fully saturated rings. The molecule has 3 aromatic rings. The third-order valence-corrected chi connectivity index (χ3v) is 5.05. The Morgan fingerprint density at radius 1 is 0.867 bits per heavy atom. The normalized spacial score (nSPS) is 11.6. The van der Waals surface area contributed by atoms with Crippen LogP contribution in [0, 0.1) is 0 Å². The van der Waals surface area contributed by atoms with Crippen LogP contribution in [0.3, 0.4) is 0 Å².